The van der Waals surface area contributed by atoms with Gasteiger partial charge < -0.3 is 14.6 Å². The van der Waals surface area contributed by atoms with Crippen LogP contribution >= 0.6 is 0 Å². The second kappa shape index (κ2) is 8.34. The Morgan fingerprint density at radius 2 is 1.92 bits per heavy atom. The summed E-state index contributed by atoms with van der Waals surface area (Å²) in [4.78, 5) is 19.0. The third kappa shape index (κ3) is 4.51. The highest BCUT2D eigenvalue weighted by Gasteiger charge is 2.14. The molecule has 1 amide bonds. The summed E-state index contributed by atoms with van der Waals surface area (Å²) in [5.74, 6) is 1.41. The third-order valence-corrected chi connectivity index (χ3v) is 4.13. The van der Waals surface area contributed by atoms with Gasteiger partial charge in [-0.05, 0) is 43.7 Å². The number of amides is 1. The number of furan rings is 1. The molecule has 0 radical (unpaired) electrons. The van der Waals surface area contributed by atoms with E-state index in [-0.39, 0.29) is 5.91 Å². The molecule has 1 aromatic carbocycles. The van der Waals surface area contributed by atoms with E-state index in [0.717, 1.165) is 18.1 Å². The van der Waals surface area contributed by atoms with Gasteiger partial charge in [0.15, 0.2) is 0 Å². The summed E-state index contributed by atoms with van der Waals surface area (Å²) in [5.41, 5.74) is 1.76. The van der Waals surface area contributed by atoms with Crippen molar-refractivity contribution in [3.8, 4) is 0 Å². The third-order valence-electron chi connectivity index (χ3n) is 4.13. The molecule has 0 bridgehead atoms. The van der Waals surface area contributed by atoms with E-state index in [1.54, 1.807) is 24.6 Å². The molecule has 5 heteroatoms. The van der Waals surface area contributed by atoms with Gasteiger partial charge in [-0.3, -0.25) is 4.79 Å². The molecule has 0 saturated heterocycles. The highest BCUT2D eigenvalue weighted by Crippen LogP contribution is 2.18. The van der Waals surface area contributed by atoms with Crippen LogP contribution in [0, 0.1) is 0 Å². The van der Waals surface area contributed by atoms with Gasteiger partial charge in [-0.15, -0.1) is 0 Å². The summed E-state index contributed by atoms with van der Waals surface area (Å²) < 4.78 is 5.22. The van der Waals surface area contributed by atoms with Crippen molar-refractivity contribution in [1.29, 1.82) is 0 Å². The SMILES string of the molecule is CC(C)N(Cc1ccccc1)c1ccc(C(=O)NCc2ccco2)cn1. The maximum absolute atomic E-state index is 12.2. The van der Waals surface area contributed by atoms with Crippen LogP contribution < -0.4 is 10.2 Å². The van der Waals surface area contributed by atoms with Crippen molar-refractivity contribution in [2.45, 2.75) is 33.0 Å². The van der Waals surface area contributed by atoms with E-state index >= 15 is 0 Å². The van der Waals surface area contributed by atoms with Gasteiger partial charge in [-0.25, -0.2) is 4.98 Å². The fourth-order valence-electron chi connectivity index (χ4n) is 2.68. The van der Waals surface area contributed by atoms with E-state index in [1.165, 1.54) is 5.56 Å². The van der Waals surface area contributed by atoms with E-state index in [0.29, 0.717) is 18.2 Å². The lowest BCUT2D eigenvalue weighted by Crippen LogP contribution is -2.31. The van der Waals surface area contributed by atoms with Crippen molar-refractivity contribution in [3.05, 3.63) is 83.9 Å². The molecule has 0 fully saturated rings. The smallest absolute Gasteiger partial charge is 0.253 e. The molecule has 0 aliphatic heterocycles. The van der Waals surface area contributed by atoms with E-state index in [2.05, 4.69) is 41.2 Å². The number of pyridine rings is 1. The van der Waals surface area contributed by atoms with Crippen LogP contribution in [-0.4, -0.2) is 16.9 Å². The lowest BCUT2D eigenvalue weighted by atomic mass is 10.2. The Bertz CT molecular complexity index is 812. The highest BCUT2D eigenvalue weighted by molar-refractivity contribution is 5.93. The van der Waals surface area contributed by atoms with Crippen LogP contribution in [-0.2, 0) is 13.1 Å². The summed E-state index contributed by atoms with van der Waals surface area (Å²) in [6.45, 7) is 5.40. The molecule has 134 valence electrons. The Kier molecular flexibility index (Phi) is 5.69. The Hall–Kier alpha value is -3.08. The molecule has 3 rings (SSSR count). The number of nitrogens with zero attached hydrogens (tertiary/aromatic N) is 2. The monoisotopic (exact) mass is 349 g/mol. The standard InChI is InChI=1S/C21H23N3O2/c1-16(2)24(15-17-7-4-3-5-8-17)20-11-10-18(13-22-20)21(25)23-14-19-9-6-12-26-19/h3-13,16H,14-15H2,1-2H3,(H,23,25). The van der Waals surface area contributed by atoms with E-state index in [4.69, 9.17) is 4.42 Å². The minimum atomic E-state index is -0.167. The van der Waals surface area contributed by atoms with Gasteiger partial charge in [0.2, 0.25) is 0 Å². The molecule has 0 atom stereocenters. The summed E-state index contributed by atoms with van der Waals surface area (Å²) in [5, 5.41) is 2.83. The second-order valence-electron chi connectivity index (χ2n) is 6.37. The number of anilines is 1. The first-order chi connectivity index (χ1) is 12.6. The first-order valence-corrected chi connectivity index (χ1v) is 8.70. The molecule has 2 heterocycles. The number of carbonyl (C=O) groups excluding carboxylic acids is 1. The van der Waals surface area contributed by atoms with Gasteiger partial charge in [-0.1, -0.05) is 30.3 Å². The van der Waals surface area contributed by atoms with E-state index < -0.39 is 0 Å². The number of carbonyl (C=O) groups is 1. The van der Waals surface area contributed by atoms with E-state index in [9.17, 15) is 4.79 Å². The maximum Gasteiger partial charge on any atom is 0.253 e. The Balaban J connectivity index is 1.67. The fraction of sp³-hybridized carbons (Fsp3) is 0.238. The van der Waals surface area contributed by atoms with Gasteiger partial charge in [0.1, 0.15) is 11.6 Å². The number of hydrogen-bond donors (Lipinski definition) is 1. The van der Waals surface area contributed by atoms with Gasteiger partial charge in [0.05, 0.1) is 18.4 Å². The van der Waals surface area contributed by atoms with Crippen molar-refractivity contribution >= 4 is 11.7 Å². The number of nitrogens with one attached hydrogen (secondary N) is 1. The minimum Gasteiger partial charge on any atom is -0.467 e. The van der Waals surface area contributed by atoms with Crippen LogP contribution in [0.15, 0.2) is 71.5 Å². The van der Waals surface area contributed by atoms with E-state index in [1.807, 2.05) is 30.3 Å². The summed E-state index contributed by atoms with van der Waals surface area (Å²) in [6, 6.07) is 17.9. The fourth-order valence-corrected chi connectivity index (χ4v) is 2.68. The zero-order valence-electron chi connectivity index (χ0n) is 15.1. The molecular weight excluding hydrogens is 326 g/mol. The topological polar surface area (TPSA) is 58.4 Å². The van der Waals surface area contributed by atoms with Crippen LogP contribution in [0.2, 0.25) is 0 Å². The average Bonchev–Trinajstić information content (AvgIpc) is 3.18. The lowest BCUT2D eigenvalue weighted by molar-refractivity contribution is 0.0947. The number of aromatic nitrogens is 1. The van der Waals surface area contributed by atoms with Crippen molar-refractivity contribution in [2.75, 3.05) is 4.90 Å². The minimum absolute atomic E-state index is 0.167. The predicted molar refractivity (Wildman–Crippen MR) is 102 cm³/mol. The summed E-state index contributed by atoms with van der Waals surface area (Å²) in [6.07, 6.45) is 3.21. The number of hydrogen-bond acceptors (Lipinski definition) is 4. The van der Waals surface area contributed by atoms with Crippen molar-refractivity contribution in [3.63, 3.8) is 0 Å². The van der Waals surface area contributed by atoms with Gasteiger partial charge in [-0.2, -0.15) is 0 Å². The van der Waals surface area contributed by atoms with Crippen LogP contribution in [0.1, 0.15) is 35.5 Å². The normalized spacial score (nSPS) is 10.7. The Morgan fingerprint density at radius 1 is 1.12 bits per heavy atom. The predicted octanol–water partition coefficient (Wildman–Crippen LogP) is 4.02. The first kappa shape index (κ1) is 17.7. The number of rotatable bonds is 7. The highest BCUT2D eigenvalue weighted by atomic mass is 16.3. The quantitative estimate of drug-likeness (QED) is 0.700. The molecule has 3 aromatic rings. The van der Waals surface area contributed by atoms with Crippen molar-refractivity contribution in [1.82, 2.24) is 10.3 Å². The Labute approximate surface area is 153 Å². The Morgan fingerprint density at radius 3 is 2.54 bits per heavy atom. The molecule has 26 heavy (non-hydrogen) atoms. The van der Waals surface area contributed by atoms with Crippen LogP contribution in [0.5, 0.6) is 0 Å². The second-order valence-corrected chi connectivity index (χ2v) is 6.37. The molecule has 0 unspecified atom stereocenters. The van der Waals surface area contributed by atoms with Gasteiger partial charge in [0, 0.05) is 18.8 Å². The molecule has 2 aromatic heterocycles. The van der Waals surface area contributed by atoms with Gasteiger partial charge in [0.25, 0.3) is 5.91 Å². The molecule has 0 saturated carbocycles. The van der Waals surface area contributed by atoms with Gasteiger partial charge >= 0.3 is 0 Å². The van der Waals surface area contributed by atoms with Crippen molar-refractivity contribution < 1.29 is 9.21 Å². The van der Waals surface area contributed by atoms with Crippen LogP contribution in [0.25, 0.3) is 0 Å². The zero-order valence-corrected chi connectivity index (χ0v) is 15.1. The maximum atomic E-state index is 12.2. The number of benzene rings is 1. The molecule has 0 aliphatic carbocycles. The molecule has 5 nitrogen and oxygen atoms in total. The first-order valence-electron chi connectivity index (χ1n) is 8.70. The average molecular weight is 349 g/mol. The summed E-state index contributed by atoms with van der Waals surface area (Å²) >= 11 is 0. The summed E-state index contributed by atoms with van der Waals surface area (Å²) in [7, 11) is 0. The zero-order chi connectivity index (χ0) is 18.4. The van der Waals surface area contributed by atoms with Crippen LogP contribution in [0.4, 0.5) is 5.82 Å². The lowest BCUT2D eigenvalue weighted by Gasteiger charge is -2.28. The molecule has 1 N–H and O–H groups in total. The van der Waals surface area contributed by atoms with Crippen LogP contribution in [0.3, 0.4) is 0 Å². The molecule has 0 spiro atoms. The molecular formula is C21H23N3O2. The largest absolute Gasteiger partial charge is 0.467 e. The van der Waals surface area contributed by atoms with Crippen molar-refractivity contribution in [2.24, 2.45) is 0 Å². The molecule has 0 aliphatic rings.